The van der Waals surface area contributed by atoms with E-state index >= 15 is 0 Å². The molecule has 0 fully saturated rings. The topological polar surface area (TPSA) is 66.0 Å². The average Bonchev–Trinajstić information content (AvgIpc) is 3.00. The first-order valence-corrected chi connectivity index (χ1v) is 9.65. The summed E-state index contributed by atoms with van der Waals surface area (Å²) in [6, 6.07) is 0. The standard InChI is InChI=1S/C18H36O2.C3H4N2/c1-8-10-15(11-16(19)20)14(9-2)12-18(6,7)13-17(3,4)5;1-2-5-3-4-1/h14-15H,8-13H2,1-7H3,(H,19,20);1-3H,(H,4,5). The highest BCUT2D eigenvalue weighted by Gasteiger charge is 2.31. The van der Waals surface area contributed by atoms with Crippen LogP contribution in [-0.2, 0) is 4.79 Å². The molecular weight excluding hydrogens is 312 g/mol. The van der Waals surface area contributed by atoms with E-state index < -0.39 is 5.97 Å². The first-order chi connectivity index (χ1) is 11.5. The molecule has 0 bridgehead atoms. The summed E-state index contributed by atoms with van der Waals surface area (Å²) < 4.78 is 0. The van der Waals surface area contributed by atoms with Gasteiger partial charge in [0.05, 0.1) is 6.33 Å². The average molecular weight is 353 g/mol. The van der Waals surface area contributed by atoms with Crippen LogP contribution in [0.2, 0.25) is 0 Å². The molecule has 0 aromatic carbocycles. The summed E-state index contributed by atoms with van der Waals surface area (Å²) in [5, 5.41) is 9.14. The number of nitrogens with zero attached hydrogens (tertiary/aromatic N) is 1. The maximum Gasteiger partial charge on any atom is 0.303 e. The number of aromatic nitrogens is 2. The minimum atomic E-state index is -0.643. The summed E-state index contributed by atoms with van der Waals surface area (Å²) in [5.41, 5.74) is 0.609. The van der Waals surface area contributed by atoms with E-state index in [1.807, 2.05) is 0 Å². The summed E-state index contributed by atoms with van der Waals surface area (Å²) >= 11 is 0. The van der Waals surface area contributed by atoms with Crippen LogP contribution in [0.5, 0.6) is 0 Å². The van der Waals surface area contributed by atoms with Gasteiger partial charge in [-0.25, -0.2) is 4.98 Å². The SMILES string of the molecule is CCCC(CC(=O)O)C(CC)CC(C)(C)CC(C)(C)C.c1c[nH]cn1. The van der Waals surface area contributed by atoms with Crippen LogP contribution in [0.4, 0.5) is 0 Å². The van der Waals surface area contributed by atoms with E-state index in [-0.39, 0.29) is 5.41 Å². The quantitative estimate of drug-likeness (QED) is 0.559. The van der Waals surface area contributed by atoms with Gasteiger partial charge in [0.1, 0.15) is 0 Å². The van der Waals surface area contributed by atoms with Crippen molar-refractivity contribution in [1.29, 1.82) is 0 Å². The number of carbonyl (C=O) groups is 1. The number of carboxylic acids is 1. The largest absolute Gasteiger partial charge is 0.481 e. The zero-order valence-electron chi connectivity index (χ0n) is 17.4. The number of carboxylic acid groups (broad SMARTS) is 1. The van der Waals surface area contributed by atoms with E-state index in [2.05, 4.69) is 58.4 Å². The first-order valence-electron chi connectivity index (χ1n) is 9.65. The summed E-state index contributed by atoms with van der Waals surface area (Å²) in [6.45, 7) is 15.9. The summed E-state index contributed by atoms with van der Waals surface area (Å²) in [7, 11) is 0. The van der Waals surface area contributed by atoms with Crippen molar-refractivity contribution in [2.24, 2.45) is 22.7 Å². The Kier molecular flexibility index (Phi) is 10.7. The molecule has 0 aliphatic heterocycles. The molecule has 4 heteroatoms. The third-order valence-electron chi connectivity index (χ3n) is 4.52. The van der Waals surface area contributed by atoms with Crippen LogP contribution < -0.4 is 0 Å². The van der Waals surface area contributed by atoms with Gasteiger partial charge in [-0.05, 0) is 41.9 Å². The van der Waals surface area contributed by atoms with E-state index in [4.69, 9.17) is 5.11 Å². The second kappa shape index (κ2) is 11.3. The van der Waals surface area contributed by atoms with Gasteiger partial charge in [-0.3, -0.25) is 4.79 Å². The van der Waals surface area contributed by atoms with Crippen LogP contribution in [0, 0.1) is 22.7 Å². The van der Waals surface area contributed by atoms with Crippen LogP contribution in [-0.4, -0.2) is 21.0 Å². The van der Waals surface area contributed by atoms with Crippen molar-refractivity contribution in [2.45, 2.75) is 87.0 Å². The number of imidazole rings is 1. The van der Waals surface area contributed by atoms with Crippen molar-refractivity contribution in [2.75, 3.05) is 0 Å². The van der Waals surface area contributed by atoms with Gasteiger partial charge < -0.3 is 10.1 Å². The highest BCUT2D eigenvalue weighted by atomic mass is 16.4. The fraction of sp³-hybridized carbons (Fsp3) is 0.810. The van der Waals surface area contributed by atoms with Gasteiger partial charge in [0.15, 0.2) is 0 Å². The van der Waals surface area contributed by atoms with Gasteiger partial charge in [-0.2, -0.15) is 0 Å². The molecule has 1 aromatic rings. The lowest BCUT2D eigenvalue weighted by Gasteiger charge is -2.37. The van der Waals surface area contributed by atoms with Gasteiger partial charge in [-0.15, -0.1) is 0 Å². The molecule has 0 saturated heterocycles. The predicted octanol–water partition coefficient (Wildman–Crippen LogP) is 6.17. The highest BCUT2D eigenvalue weighted by molar-refractivity contribution is 5.67. The molecule has 146 valence electrons. The van der Waals surface area contributed by atoms with Crippen LogP contribution in [0.1, 0.15) is 87.0 Å². The van der Waals surface area contributed by atoms with Crippen molar-refractivity contribution in [1.82, 2.24) is 9.97 Å². The predicted molar refractivity (Wildman–Crippen MR) is 105 cm³/mol. The lowest BCUT2D eigenvalue weighted by atomic mass is 9.68. The Hall–Kier alpha value is -1.32. The van der Waals surface area contributed by atoms with Gasteiger partial charge in [0.2, 0.25) is 0 Å². The molecule has 0 radical (unpaired) electrons. The molecule has 0 aliphatic rings. The van der Waals surface area contributed by atoms with Crippen molar-refractivity contribution in [3.63, 3.8) is 0 Å². The Balaban J connectivity index is 0.000000972. The molecule has 1 aromatic heterocycles. The summed E-state index contributed by atoms with van der Waals surface area (Å²) in [4.78, 5) is 17.5. The molecule has 25 heavy (non-hydrogen) atoms. The van der Waals surface area contributed by atoms with E-state index in [1.165, 1.54) is 6.42 Å². The fourth-order valence-electron chi connectivity index (χ4n) is 4.18. The van der Waals surface area contributed by atoms with Gasteiger partial charge in [-0.1, -0.05) is 61.3 Å². The second-order valence-corrected chi connectivity index (χ2v) is 9.18. The first kappa shape index (κ1) is 23.7. The molecule has 2 unspecified atom stereocenters. The van der Waals surface area contributed by atoms with Crippen molar-refractivity contribution >= 4 is 5.97 Å². The third-order valence-corrected chi connectivity index (χ3v) is 4.52. The van der Waals surface area contributed by atoms with Crippen LogP contribution in [0.15, 0.2) is 18.7 Å². The Labute approximate surface area is 154 Å². The molecule has 0 spiro atoms. The Morgan fingerprint density at radius 1 is 1.16 bits per heavy atom. The maximum atomic E-state index is 11.1. The number of H-pyrrole nitrogens is 1. The number of hydrogen-bond donors (Lipinski definition) is 2. The minimum absolute atomic E-state index is 0.281. The summed E-state index contributed by atoms with van der Waals surface area (Å²) in [5.74, 6) is 0.223. The second-order valence-electron chi connectivity index (χ2n) is 9.18. The number of rotatable bonds is 9. The number of nitrogens with one attached hydrogen (secondary N) is 1. The Morgan fingerprint density at radius 3 is 2.12 bits per heavy atom. The van der Waals surface area contributed by atoms with E-state index in [0.29, 0.717) is 23.7 Å². The van der Waals surface area contributed by atoms with Crippen molar-refractivity contribution in [3.05, 3.63) is 18.7 Å². The number of aromatic amines is 1. The monoisotopic (exact) mass is 352 g/mol. The number of aliphatic carboxylic acids is 1. The zero-order chi connectivity index (χ0) is 19.5. The Bertz CT molecular complexity index is 430. The molecule has 0 amide bonds. The maximum absolute atomic E-state index is 11.1. The molecule has 4 nitrogen and oxygen atoms in total. The summed E-state index contributed by atoms with van der Waals surface area (Å²) in [6.07, 6.45) is 10.9. The van der Waals surface area contributed by atoms with Crippen LogP contribution in [0.3, 0.4) is 0 Å². The van der Waals surface area contributed by atoms with E-state index in [9.17, 15) is 4.79 Å². The smallest absolute Gasteiger partial charge is 0.303 e. The van der Waals surface area contributed by atoms with Gasteiger partial charge in [0.25, 0.3) is 0 Å². The molecule has 2 atom stereocenters. The molecule has 0 aliphatic carbocycles. The van der Waals surface area contributed by atoms with E-state index in [0.717, 1.165) is 25.7 Å². The normalized spacial score (nSPS) is 14.4. The lowest BCUT2D eigenvalue weighted by molar-refractivity contribution is -0.138. The lowest BCUT2D eigenvalue weighted by Crippen LogP contribution is -2.27. The molecule has 0 saturated carbocycles. The van der Waals surface area contributed by atoms with Crippen molar-refractivity contribution in [3.8, 4) is 0 Å². The zero-order valence-corrected chi connectivity index (χ0v) is 17.4. The van der Waals surface area contributed by atoms with Crippen LogP contribution >= 0.6 is 0 Å². The molecule has 2 N–H and O–H groups in total. The fourth-order valence-corrected chi connectivity index (χ4v) is 4.18. The van der Waals surface area contributed by atoms with E-state index in [1.54, 1.807) is 18.7 Å². The Morgan fingerprint density at radius 2 is 1.80 bits per heavy atom. The number of hydrogen-bond acceptors (Lipinski definition) is 2. The van der Waals surface area contributed by atoms with Gasteiger partial charge >= 0.3 is 5.97 Å². The van der Waals surface area contributed by atoms with Crippen molar-refractivity contribution < 1.29 is 9.90 Å². The van der Waals surface area contributed by atoms with Crippen LogP contribution in [0.25, 0.3) is 0 Å². The highest BCUT2D eigenvalue weighted by Crippen LogP contribution is 2.41. The minimum Gasteiger partial charge on any atom is -0.481 e. The molecular formula is C21H40N2O2. The molecule has 1 heterocycles. The molecule has 1 rings (SSSR count). The van der Waals surface area contributed by atoms with Gasteiger partial charge in [0, 0.05) is 18.8 Å². The third kappa shape index (κ3) is 12.7.